The first-order chi connectivity index (χ1) is 12.8. The van der Waals surface area contributed by atoms with Crippen LogP contribution in [0.1, 0.15) is 89.7 Å². The van der Waals surface area contributed by atoms with Gasteiger partial charge in [0.1, 0.15) is 18.4 Å². The van der Waals surface area contributed by atoms with E-state index in [9.17, 15) is 0 Å². The summed E-state index contributed by atoms with van der Waals surface area (Å²) in [5.74, 6) is 0.716. The number of benzene rings is 1. The monoisotopic (exact) mass is 355 g/mol. The largest absolute Gasteiger partial charge is 0.250 e. The van der Waals surface area contributed by atoms with Crippen LogP contribution in [0.4, 0.5) is 0 Å². The van der Waals surface area contributed by atoms with Crippen molar-refractivity contribution in [1.82, 2.24) is 4.98 Å². The number of H-pyrrole nitrogens is 1. The third-order valence-corrected chi connectivity index (χ3v) is 5.60. The SMILES string of the molecule is CCCCCCCCCC(Cc1ccccc1)C(CCC)[n+]1cc[nH]c1. The van der Waals surface area contributed by atoms with Gasteiger partial charge < -0.3 is 0 Å². The first-order valence-electron chi connectivity index (χ1n) is 10.9. The Morgan fingerprint density at radius 2 is 1.58 bits per heavy atom. The maximum Gasteiger partial charge on any atom is 0.241 e. The van der Waals surface area contributed by atoms with Gasteiger partial charge in [0.15, 0.2) is 0 Å². The Morgan fingerprint density at radius 1 is 0.846 bits per heavy atom. The van der Waals surface area contributed by atoms with E-state index < -0.39 is 0 Å². The minimum Gasteiger partial charge on any atom is -0.250 e. The van der Waals surface area contributed by atoms with Crippen LogP contribution in [0.25, 0.3) is 0 Å². The summed E-state index contributed by atoms with van der Waals surface area (Å²) in [7, 11) is 0. The Bertz CT molecular complexity index is 547. The van der Waals surface area contributed by atoms with Crippen LogP contribution in [0.15, 0.2) is 49.1 Å². The van der Waals surface area contributed by atoms with E-state index in [0.717, 1.165) is 0 Å². The lowest BCUT2D eigenvalue weighted by Gasteiger charge is -2.25. The molecule has 0 saturated heterocycles. The minimum atomic E-state index is 0.603. The molecule has 0 aliphatic rings. The number of nitrogens with zero attached hydrogens (tertiary/aromatic N) is 1. The summed E-state index contributed by atoms with van der Waals surface area (Å²) in [6.45, 7) is 4.61. The van der Waals surface area contributed by atoms with E-state index in [0.29, 0.717) is 12.0 Å². The lowest BCUT2D eigenvalue weighted by Crippen LogP contribution is -2.42. The molecule has 2 nitrogen and oxygen atoms in total. The Hall–Kier alpha value is -1.57. The molecule has 0 spiro atoms. The standard InChI is InChI=1S/C24H38N2/c1-3-5-6-7-8-9-13-17-23(20-22-15-11-10-12-16-22)24(14-4-2)26-19-18-25-21-26/h10-12,15-16,18-19,21,23-24H,3-9,13-14,17,20H2,1-2H3/p+1. The molecule has 144 valence electrons. The molecule has 2 rings (SSSR count). The Kier molecular flexibility index (Phi) is 10.2. The molecule has 0 aliphatic heterocycles. The number of aromatic nitrogens is 2. The van der Waals surface area contributed by atoms with Crippen LogP contribution >= 0.6 is 0 Å². The summed E-state index contributed by atoms with van der Waals surface area (Å²) in [6.07, 6.45) is 21.2. The van der Waals surface area contributed by atoms with Gasteiger partial charge in [-0.05, 0) is 24.8 Å². The summed E-state index contributed by atoms with van der Waals surface area (Å²) in [5.41, 5.74) is 1.48. The van der Waals surface area contributed by atoms with Gasteiger partial charge in [-0.2, -0.15) is 0 Å². The zero-order valence-electron chi connectivity index (χ0n) is 17.0. The molecule has 2 unspecified atom stereocenters. The first kappa shape index (κ1) is 20.7. The van der Waals surface area contributed by atoms with E-state index in [1.54, 1.807) is 0 Å². The molecule has 0 radical (unpaired) electrons. The highest BCUT2D eigenvalue weighted by molar-refractivity contribution is 5.15. The van der Waals surface area contributed by atoms with Gasteiger partial charge in [0.05, 0.1) is 0 Å². The number of nitrogens with one attached hydrogen (secondary N) is 1. The first-order valence-corrected chi connectivity index (χ1v) is 10.9. The topological polar surface area (TPSA) is 19.7 Å². The van der Waals surface area contributed by atoms with Gasteiger partial charge in [0.25, 0.3) is 0 Å². The van der Waals surface area contributed by atoms with E-state index in [-0.39, 0.29) is 0 Å². The molecule has 2 aromatic rings. The van der Waals surface area contributed by atoms with E-state index in [2.05, 4.69) is 72.5 Å². The number of rotatable bonds is 14. The van der Waals surface area contributed by atoms with Crippen molar-refractivity contribution in [2.75, 3.05) is 0 Å². The molecule has 0 aliphatic carbocycles. The van der Waals surface area contributed by atoms with Gasteiger partial charge in [-0.3, -0.25) is 4.98 Å². The van der Waals surface area contributed by atoms with Gasteiger partial charge in [0.2, 0.25) is 6.33 Å². The van der Waals surface area contributed by atoms with E-state index in [4.69, 9.17) is 0 Å². The van der Waals surface area contributed by atoms with Crippen molar-refractivity contribution in [3.05, 3.63) is 54.6 Å². The maximum absolute atomic E-state index is 3.25. The highest BCUT2D eigenvalue weighted by Crippen LogP contribution is 2.28. The number of hydrogen-bond acceptors (Lipinski definition) is 0. The van der Waals surface area contributed by atoms with Gasteiger partial charge in [-0.1, -0.05) is 95.5 Å². The van der Waals surface area contributed by atoms with Crippen molar-refractivity contribution in [3.63, 3.8) is 0 Å². The molecule has 1 aromatic heterocycles. The third kappa shape index (κ3) is 7.35. The zero-order valence-corrected chi connectivity index (χ0v) is 17.0. The molecule has 2 heteroatoms. The lowest BCUT2D eigenvalue weighted by atomic mass is 9.85. The molecule has 0 bridgehead atoms. The average Bonchev–Trinajstić information content (AvgIpc) is 3.20. The average molecular weight is 356 g/mol. The smallest absolute Gasteiger partial charge is 0.241 e. The Labute approximate surface area is 161 Å². The second-order valence-electron chi connectivity index (χ2n) is 7.77. The van der Waals surface area contributed by atoms with E-state index >= 15 is 0 Å². The van der Waals surface area contributed by atoms with Crippen LogP contribution in [0.2, 0.25) is 0 Å². The summed E-state index contributed by atoms with van der Waals surface area (Å²) in [4.78, 5) is 3.25. The van der Waals surface area contributed by atoms with Crippen LogP contribution in [0.3, 0.4) is 0 Å². The highest BCUT2D eigenvalue weighted by atomic mass is 15.1. The summed E-state index contributed by atoms with van der Waals surface area (Å²) in [5, 5.41) is 0. The zero-order chi connectivity index (χ0) is 18.5. The summed E-state index contributed by atoms with van der Waals surface area (Å²) >= 11 is 0. The van der Waals surface area contributed by atoms with Gasteiger partial charge in [0, 0.05) is 5.92 Å². The molecule has 0 saturated carbocycles. The number of unbranched alkanes of at least 4 members (excludes halogenated alkanes) is 6. The number of aromatic amines is 1. The molecule has 0 fully saturated rings. The van der Waals surface area contributed by atoms with Crippen LogP contribution < -0.4 is 4.57 Å². The molecular weight excluding hydrogens is 316 g/mol. The maximum atomic E-state index is 3.25. The fraction of sp³-hybridized carbons (Fsp3) is 0.625. The van der Waals surface area contributed by atoms with Crippen LogP contribution in [0, 0.1) is 5.92 Å². The van der Waals surface area contributed by atoms with Crippen LogP contribution in [-0.2, 0) is 6.42 Å². The normalized spacial score (nSPS) is 13.6. The molecule has 0 amide bonds. The van der Waals surface area contributed by atoms with E-state index in [1.165, 1.54) is 76.2 Å². The molecule has 2 atom stereocenters. The number of hydrogen-bond donors (Lipinski definition) is 1. The predicted molar refractivity (Wildman–Crippen MR) is 111 cm³/mol. The van der Waals surface area contributed by atoms with Gasteiger partial charge >= 0.3 is 0 Å². The van der Waals surface area contributed by atoms with Crippen molar-refractivity contribution < 1.29 is 4.57 Å². The fourth-order valence-corrected chi connectivity index (χ4v) is 4.14. The van der Waals surface area contributed by atoms with Crippen molar-refractivity contribution in [3.8, 4) is 0 Å². The Balaban J connectivity index is 1.94. The molecule has 1 heterocycles. The second-order valence-corrected chi connectivity index (χ2v) is 7.77. The summed E-state index contributed by atoms with van der Waals surface area (Å²) in [6, 6.07) is 11.7. The van der Waals surface area contributed by atoms with Gasteiger partial charge in [-0.25, -0.2) is 4.57 Å². The fourth-order valence-electron chi connectivity index (χ4n) is 4.14. The van der Waals surface area contributed by atoms with Crippen molar-refractivity contribution in [2.24, 2.45) is 5.92 Å². The minimum absolute atomic E-state index is 0.603. The molecule has 26 heavy (non-hydrogen) atoms. The predicted octanol–water partition coefficient (Wildman–Crippen LogP) is 6.64. The van der Waals surface area contributed by atoms with Crippen molar-refractivity contribution in [1.29, 1.82) is 0 Å². The van der Waals surface area contributed by atoms with Crippen LogP contribution in [0.5, 0.6) is 0 Å². The van der Waals surface area contributed by atoms with Crippen molar-refractivity contribution in [2.45, 2.75) is 90.5 Å². The quantitative estimate of drug-likeness (QED) is 0.289. The lowest BCUT2D eigenvalue weighted by molar-refractivity contribution is -0.730. The molecule has 1 N–H and O–H groups in total. The third-order valence-electron chi connectivity index (χ3n) is 5.60. The van der Waals surface area contributed by atoms with Gasteiger partial charge in [-0.15, -0.1) is 0 Å². The Morgan fingerprint density at radius 3 is 2.23 bits per heavy atom. The highest BCUT2D eigenvalue weighted by Gasteiger charge is 2.26. The molecular formula is C24H39N2+. The van der Waals surface area contributed by atoms with Crippen molar-refractivity contribution >= 4 is 0 Å². The molecule has 1 aromatic carbocycles. The van der Waals surface area contributed by atoms with E-state index in [1.807, 2.05) is 0 Å². The number of imidazole rings is 1. The second kappa shape index (κ2) is 12.7. The summed E-state index contributed by atoms with van der Waals surface area (Å²) < 4.78 is 2.42. The van der Waals surface area contributed by atoms with Crippen LogP contribution in [-0.4, -0.2) is 4.98 Å².